The molecule has 0 radical (unpaired) electrons. The lowest BCUT2D eigenvalue weighted by atomic mass is 9.86. The van der Waals surface area contributed by atoms with Crippen LogP contribution in [0.3, 0.4) is 0 Å². The molecule has 0 aliphatic carbocycles. The molecule has 18 heavy (non-hydrogen) atoms. The maximum Gasteiger partial charge on any atom is 0.316 e. The van der Waals surface area contributed by atoms with Gasteiger partial charge in [0.1, 0.15) is 0 Å². The molecule has 0 aliphatic rings. The van der Waals surface area contributed by atoms with Crippen LogP contribution in [0.1, 0.15) is 38.8 Å². The third-order valence-corrected chi connectivity index (χ3v) is 2.93. The van der Waals surface area contributed by atoms with Gasteiger partial charge in [-0.3, -0.25) is 9.59 Å². The molecule has 0 bridgehead atoms. The summed E-state index contributed by atoms with van der Waals surface area (Å²) < 4.78 is 4.33. The predicted molar refractivity (Wildman–Crippen MR) is 70.2 cm³/mol. The van der Waals surface area contributed by atoms with E-state index in [1.54, 1.807) is 6.92 Å². The fourth-order valence-electron chi connectivity index (χ4n) is 1.74. The summed E-state index contributed by atoms with van der Waals surface area (Å²) in [6.07, 6.45) is 0.580. The summed E-state index contributed by atoms with van der Waals surface area (Å²) in [6.45, 7) is 8.41. The van der Waals surface area contributed by atoms with Gasteiger partial charge >= 0.3 is 12.4 Å². The molecule has 1 aromatic carbocycles. The summed E-state index contributed by atoms with van der Waals surface area (Å²) >= 11 is 0. The topological polar surface area (TPSA) is 43.4 Å². The minimum absolute atomic E-state index is 0.126. The second kappa shape index (κ2) is 5.80. The van der Waals surface area contributed by atoms with E-state index >= 15 is 0 Å². The molecule has 0 fully saturated rings. The van der Waals surface area contributed by atoms with E-state index in [-0.39, 0.29) is 17.8 Å². The molecular formula is C15H20O3. The van der Waals surface area contributed by atoms with E-state index < -0.39 is 5.97 Å². The highest BCUT2D eigenvalue weighted by Gasteiger charge is 2.16. The Kier molecular flexibility index (Phi) is 4.65. The van der Waals surface area contributed by atoms with Crippen LogP contribution in [0.15, 0.2) is 24.3 Å². The van der Waals surface area contributed by atoms with Crippen LogP contribution in [0, 0.1) is 5.92 Å². The van der Waals surface area contributed by atoms with E-state index in [1.807, 2.05) is 12.1 Å². The Balaban J connectivity index is 2.69. The van der Waals surface area contributed by atoms with Gasteiger partial charge in [-0.1, -0.05) is 52.0 Å². The van der Waals surface area contributed by atoms with Gasteiger partial charge in [0.05, 0.1) is 5.92 Å². The lowest BCUT2D eigenvalue weighted by molar-refractivity contribution is -0.154. The SMILES string of the molecule is CC(Cc1ccc(C(C)(C)C)cc1)C(=O)OC=O. The van der Waals surface area contributed by atoms with Crippen molar-refractivity contribution < 1.29 is 14.3 Å². The largest absolute Gasteiger partial charge is 0.395 e. The average molecular weight is 248 g/mol. The van der Waals surface area contributed by atoms with Gasteiger partial charge in [-0.25, -0.2) is 0 Å². The number of hydrogen-bond donors (Lipinski definition) is 0. The maximum absolute atomic E-state index is 11.3. The monoisotopic (exact) mass is 248 g/mol. The molecule has 1 atom stereocenters. The van der Waals surface area contributed by atoms with Gasteiger partial charge in [0.25, 0.3) is 0 Å². The number of carbonyl (C=O) groups excluding carboxylic acids is 2. The van der Waals surface area contributed by atoms with Crippen molar-refractivity contribution in [3.05, 3.63) is 35.4 Å². The Hall–Kier alpha value is -1.64. The molecule has 0 aromatic heterocycles. The van der Waals surface area contributed by atoms with Gasteiger partial charge in [-0.2, -0.15) is 0 Å². The smallest absolute Gasteiger partial charge is 0.316 e. The summed E-state index contributed by atoms with van der Waals surface area (Å²) in [5, 5.41) is 0. The summed E-state index contributed by atoms with van der Waals surface area (Å²) in [5.41, 5.74) is 2.45. The zero-order valence-electron chi connectivity index (χ0n) is 11.4. The standard InChI is InChI=1S/C15H20O3/c1-11(14(17)18-10-16)9-12-5-7-13(8-6-12)15(2,3)4/h5-8,10-11H,9H2,1-4H3. The van der Waals surface area contributed by atoms with Crippen LogP contribution in [0.25, 0.3) is 0 Å². The summed E-state index contributed by atoms with van der Waals surface area (Å²) in [5.74, 6) is -0.791. The van der Waals surface area contributed by atoms with Crippen molar-refractivity contribution in [2.45, 2.75) is 39.5 Å². The number of ether oxygens (including phenoxy) is 1. The Morgan fingerprint density at radius 3 is 2.28 bits per heavy atom. The van der Waals surface area contributed by atoms with E-state index in [0.717, 1.165) is 5.56 Å². The van der Waals surface area contributed by atoms with Crippen molar-refractivity contribution in [3.8, 4) is 0 Å². The van der Waals surface area contributed by atoms with E-state index in [2.05, 4.69) is 37.6 Å². The highest BCUT2D eigenvalue weighted by Crippen LogP contribution is 2.22. The predicted octanol–water partition coefficient (Wildman–Crippen LogP) is 2.86. The summed E-state index contributed by atoms with van der Waals surface area (Å²) in [6, 6.07) is 8.19. The third kappa shape index (κ3) is 3.99. The molecule has 1 aromatic rings. The lowest BCUT2D eigenvalue weighted by Gasteiger charge is -2.19. The molecule has 3 nitrogen and oxygen atoms in total. The normalized spacial score (nSPS) is 12.9. The summed E-state index contributed by atoms with van der Waals surface area (Å²) in [7, 11) is 0. The Morgan fingerprint density at radius 2 is 1.83 bits per heavy atom. The molecule has 0 amide bonds. The van der Waals surface area contributed by atoms with Crippen LogP contribution in [0.5, 0.6) is 0 Å². The fraction of sp³-hybridized carbons (Fsp3) is 0.467. The number of hydrogen-bond acceptors (Lipinski definition) is 3. The lowest BCUT2D eigenvalue weighted by Crippen LogP contribution is -2.16. The molecule has 0 aliphatic heterocycles. The molecule has 0 saturated carbocycles. The maximum atomic E-state index is 11.3. The van der Waals surface area contributed by atoms with Crippen LogP contribution < -0.4 is 0 Å². The minimum Gasteiger partial charge on any atom is -0.395 e. The van der Waals surface area contributed by atoms with Gasteiger partial charge in [0.15, 0.2) is 0 Å². The van der Waals surface area contributed by atoms with E-state index in [0.29, 0.717) is 6.42 Å². The first kappa shape index (κ1) is 14.4. The van der Waals surface area contributed by atoms with Crippen molar-refractivity contribution in [2.24, 2.45) is 5.92 Å². The number of benzene rings is 1. The molecule has 98 valence electrons. The van der Waals surface area contributed by atoms with Crippen molar-refractivity contribution in [3.63, 3.8) is 0 Å². The average Bonchev–Trinajstić information content (AvgIpc) is 2.28. The van der Waals surface area contributed by atoms with Crippen molar-refractivity contribution in [2.75, 3.05) is 0 Å². The molecule has 0 saturated heterocycles. The van der Waals surface area contributed by atoms with Crippen LogP contribution >= 0.6 is 0 Å². The van der Waals surface area contributed by atoms with E-state index in [1.165, 1.54) is 5.56 Å². The number of esters is 1. The van der Waals surface area contributed by atoms with Crippen molar-refractivity contribution in [1.29, 1.82) is 0 Å². The first-order valence-corrected chi connectivity index (χ1v) is 6.08. The Labute approximate surface area is 108 Å². The van der Waals surface area contributed by atoms with Crippen LogP contribution in [-0.4, -0.2) is 12.4 Å². The zero-order valence-corrected chi connectivity index (χ0v) is 11.4. The number of rotatable bonds is 4. The molecular weight excluding hydrogens is 228 g/mol. The van der Waals surface area contributed by atoms with E-state index in [9.17, 15) is 9.59 Å². The molecule has 0 spiro atoms. The highest BCUT2D eigenvalue weighted by molar-refractivity contribution is 5.78. The first-order chi connectivity index (χ1) is 8.34. The molecule has 1 unspecified atom stereocenters. The fourth-order valence-corrected chi connectivity index (χ4v) is 1.74. The van der Waals surface area contributed by atoms with Gasteiger partial charge < -0.3 is 4.74 Å². The highest BCUT2D eigenvalue weighted by atomic mass is 16.6. The molecule has 3 heteroatoms. The second-order valence-corrected chi connectivity index (χ2v) is 5.59. The van der Waals surface area contributed by atoms with E-state index in [4.69, 9.17) is 0 Å². The third-order valence-electron chi connectivity index (χ3n) is 2.93. The van der Waals surface area contributed by atoms with Crippen molar-refractivity contribution in [1.82, 2.24) is 0 Å². The summed E-state index contributed by atoms with van der Waals surface area (Å²) in [4.78, 5) is 21.4. The Morgan fingerprint density at radius 1 is 1.28 bits per heavy atom. The van der Waals surface area contributed by atoms with Gasteiger partial charge in [-0.05, 0) is 23.0 Å². The first-order valence-electron chi connectivity index (χ1n) is 6.08. The Bertz CT molecular complexity index is 412. The second-order valence-electron chi connectivity index (χ2n) is 5.59. The molecule has 0 N–H and O–H groups in total. The minimum atomic E-state index is -0.482. The van der Waals surface area contributed by atoms with Crippen LogP contribution in [0.2, 0.25) is 0 Å². The quantitative estimate of drug-likeness (QED) is 0.467. The van der Waals surface area contributed by atoms with Gasteiger partial charge in [-0.15, -0.1) is 0 Å². The van der Waals surface area contributed by atoms with Gasteiger partial charge in [0.2, 0.25) is 0 Å². The van der Waals surface area contributed by atoms with Crippen LogP contribution in [-0.2, 0) is 26.2 Å². The number of carbonyl (C=O) groups is 2. The molecule has 0 heterocycles. The van der Waals surface area contributed by atoms with Crippen LogP contribution in [0.4, 0.5) is 0 Å². The van der Waals surface area contributed by atoms with Gasteiger partial charge in [0, 0.05) is 0 Å². The van der Waals surface area contributed by atoms with Crippen molar-refractivity contribution >= 4 is 12.4 Å². The molecule has 1 rings (SSSR count). The zero-order chi connectivity index (χ0) is 13.8.